The predicted octanol–water partition coefficient (Wildman–Crippen LogP) is 2.52. The van der Waals surface area contributed by atoms with Gasteiger partial charge in [-0.3, -0.25) is 0 Å². The Morgan fingerprint density at radius 3 is 3.00 bits per heavy atom. The van der Waals surface area contributed by atoms with Gasteiger partial charge in [-0.1, -0.05) is 12.8 Å². The third-order valence-electron chi connectivity index (χ3n) is 3.26. The van der Waals surface area contributed by atoms with Crippen LogP contribution in [0, 0.1) is 0 Å². The molecule has 1 aliphatic rings. The highest BCUT2D eigenvalue weighted by Gasteiger charge is 2.15. The van der Waals surface area contributed by atoms with E-state index in [0.29, 0.717) is 6.04 Å². The van der Waals surface area contributed by atoms with Crippen molar-refractivity contribution in [3.63, 3.8) is 0 Å². The Morgan fingerprint density at radius 2 is 2.24 bits per heavy atom. The SMILES string of the molecule is Brc1cccn2nc(CNC3CCCC3)nc12. The van der Waals surface area contributed by atoms with Gasteiger partial charge in [-0.25, -0.2) is 9.50 Å². The second kappa shape index (κ2) is 4.74. The van der Waals surface area contributed by atoms with Gasteiger partial charge in [0.1, 0.15) is 0 Å². The van der Waals surface area contributed by atoms with Crippen LogP contribution in [-0.4, -0.2) is 20.6 Å². The second-order valence-electron chi connectivity index (χ2n) is 4.51. The summed E-state index contributed by atoms with van der Waals surface area (Å²) in [6, 6.07) is 4.60. The lowest BCUT2D eigenvalue weighted by Crippen LogP contribution is -2.25. The van der Waals surface area contributed by atoms with Crippen LogP contribution in [0.5, 0.6) is 0 Å². The monoisotopic (exact) mass is 294 g/mol. The molecular formula is C12H15BrN4. The lowest BCUT2D eigenvalue weighted by molar-refractivity contribution is 0.513. The molecular weight excluding hydrogens is 280 g/mol. The van der Waals surface area contributed by atoms with Gasteiger partial charge in [-0.2, -0.15) is 0 Å². The molecule has 17 heavy (non-hydrogen) atoms. The summed E-state index contributed by atoms with van der Waals surface area (Å²) in [6.45, 7) is 0.763. The third kappa shape index (κ3) is 2.35. The molecule has 1 N–H and O–H groups in total. The Kier molecular flexibility index (Phi) is 3.11. The normalized spacial score (nSPS) is 17.0. The Bertz CT molecular complexity index is 516. The summed E-state index contributed by atoms with van der Waals surface area (Å²) in [7, 11) is 0. The average Bonchev–Trinajstić information content (AvgIpc) is 2.95. The van der Waals surface area contributed by atoms with Crippen LogP contribution in [0.1, 0.15) is 31.5 Å². The van der Waals surface area contributed by atoms with Gasteiger partial charge >= 0.3 is 0 Å². The van der Waals surface area contributed by atoms with Gasteiger partial charge in [-0.15, -0.1) is 5.10 Å². The van der Waals surface area contributed by atoms with E-state index in [1.807, 2.05) is 22.8 Å². The summed E-state index contributed by atoms with van der Waals surface area (Å²) in [5.74, 6) is 0.865. The van der Waals surface area contributed by atoms with E-state index in [-0.39, 0.29) is 0 Å². The molecule has 1 fully saturated rings. The van der Waals surface area contributed by atoms with Crippen molar-refractivity contribution < 1.29 is 0 Å². The second-order valence-corrected chi connectivity index (χ2v) is 5.37. The third-order valence-corrected chi connectivity index (χ3v) is 3.88. The molecule has 5 heteroatoms. The molecule has 90 valence electrons. The highest BCUT2D eigenvalue weighted by atomic mass is 79.9. The van der Waals surface area contributed by atoms with Gasteiger partial charge in [0.25, 0.3) is 0 Å². The van der Waals surface area contributed by atoms with Crippen molar-refractivity contribution in [2.45, 2.75) is 38.3 Å². The first-order valence-electron chi connectivity index (χ1n) is 6.06. The van der Waals surface area contributed by atoms with Gasteiger partial charge < -0.3 is 5.32 Å². The van der Waals surface area contributed by atoms with E-state index in [0.717, 1.165) is 22.5 Å². The summed E-state index contributed by atoms with van der Waals surface area (Å²) in [4.78, 5) is 4.52. The number of nitrogens with zero attached hydrogens (tertiary/aromatic N) is 3. The van der Waals surface area contributed by atoms with Gasteiger partial charge in [0.2, 0.25) is 0 Å². The standard InChI is InChI=1S/C12H15BrN4/c13-10-6-3-7-17-12(10)15-11(16-17)8-14-9-4-1-2-5-9/h3,6-7,9,14H,1-2,4-5,8H2. The number of pyridine rings is 1. The number of aromatic nitrogens is 3. The van der Waals surface area contributed by atoms with Crippen molar-refractivity contribution in [3.05, 3.63) is 28.6 Å². The maximum absolute atomic E-state index is 4.52. The van der Waals surface area contributed by atoms with Crippen molar-refractivity contribution in [3.8, 4) is 0 Å². The molecule has 2 aromatic rings. The zero-order valence-electron chi connectivity index (χ0n) is 9.56. The van der Waals surface area contributed by atoms with E-state index in [2.05, 4.69) is 31.3 Å². The number of rotatable bonds is 3. The fourth-order valence-corrected chi connectivity index (χ4v) is 2.78. The van der Waals surface area contributed by atoms with Crippen LogP contribution in [-0.2, 0) is 6.54 Å². The molecule has 1 saturated carbocycles. The molecule has 2 heterocycles. The largest absolute Gasteiger partial charge is 0.307 e. The molecule has 0 saturated heterocycles. The fourth-order valence-electron chi connectivity index (χ4n) is 2.36. The fraction of sp³-hybridized carbons (Fsp3) is 0.500. The summed E-state index contributed by atoms with van der Waals surface area (Å²) >= 11 is 3.48. The topological polar surface area (TPSA) is 42.2 Å². The Balaban J connectivity index is 1.74. The van der Waals surface area contributed by atoms with Crippen LogP contribution in [0.25, 0.3) is 5.65 Å². The number of nitrogens with one attached hydrogen (secondary N) is 1. The Morgan fingerprint density at radius 1 is 1.41 bits per heavy atom. The van der Waals surface area contributed by atoms with Crippen molar-refractivity contribution >= 4 is 21.6 Å². The highest BCUT2D eigenvalue weighted by Crippen LogP contribution is 2.18. The van der Waals surface area contributed by atoms with Crippen LogP contribution in [0.3, 0.4) is 0 Å². The highest BCUT2D eigenvalue weighted by molar-refractivity contribution is 9.10. The van der Waals surface area contributed by atoms with Crippen molar-refractivity contribution in [2.24, 2.45) is 0 Å². The molecule has 1 aliphatic carbocycles. The van der Waals surface area contributed by atoms with E-state index < -0.39 is 0 Å². The molecule has 0 amide bonds. The van der Waals surface area contributed by atoms with E-state index in [1.165, 1.54) is 25.7 Å². The summed E-state index contributed by atoms with van der Waals surface area (Å²) < 4.78 is 2.80. The summed E-state index contributed by atoms with van der Waals surface area (Å²) in [6.07, 6.45) is 7.20. The number of halogens is 1. The van der Waals surface area contributed by atoms with Crippen LogP contribution < -0.4 is 5.32 Å². The molecule has 4 nitrogen and oxygen atoms in total. The maximum Gasteiger partial charge on any atom is 0.169 e. The Labute approximate surface area is 109 Å². The molecule has 0 radical (unpaired) electrons. The Hall–Kier alpha value is -0.940. The number of hydrogen-bond acceptors (Lipinski definition) is 3. The van der Waals surface area contributed by atoms with Crippen molar-refractivity contribution in [1.82, 2.24) is 19.9 Å². The molecule has 0 aliphatic heterocycles. The minimum Gasteiger partial charge on any atom is -0.307 e. The zero-order chi connectivity index (χ0) is 11.7. The average molecular weight is 295 g/mol. The first kappa shape index (κ1) is 11.2. The van der Waals surface area contributed by atoms with Gasteiger partial charge in [-0.05, 0) is 40.9 Å². The minimum atomic E-state index is 0.657. The first-order valence-corrected chi connectivity index (χ1v) is 6.85. The van der Waals surface area contributed by atoms with Crippen LogP contribution in [0.15, 0.2) is 22.8 Å². The zero-order valence-corrected chi connectivity index (χ0v) is 11.2. The summed E-state index contributed by atoms with van der Waals surface area (Å²) in [5.41, 5.74) is 0.885. The molecule has 0 bridgehead atoms. The smallest absolute Gasteiger partial charge is 0.169 e. The lowest BCUT2D eigenvalue weighted by atomic mass is 10.2. The van der Waals surface area contributed by atoms with E-state index >= 15 is 0 Å². The van der Waals surface area contributed by atoms with E-state index in [4.69, 9.17) is 0 Å². The number of hydrogen-bond donors (Lipinski definition) is 1. The minimum absolute atomic E-state index is 0.657. The van der Waals surface area contributed by atoms with Crippen LogP contribution in [0.4, 0.5) is 0 Å². The lowest BCUT2D eigenvalue weighted by Gasteiger charge is -2.08. The molecule has 0 atom stereocenters. The van der Waals surface area contributed by atoms with Crippen LogP contribution in [0.2, 0.25) is 0 Å². The molecule has 2 aromatic heterocycles. The predicted molar refractivity (Wildman–Crippen MR) is 69.8 cm³/mol. The van der Waals surface area contributed by atoms with Crippen molar-refractivity contribution in [2.75, 3.05) is 0 Å². The molecule has 0 unspecified atom stereocenters. The first-order chi connectivity index (χ1) is 8.33. The van der Waals surface area contributed by atoms with E-state index in [1.54, 1.807) is 0 Å². The van der Waals surface area contributed by atoms with Crippen LogP contribution >= 0.6 is 15.9 Å². The summed E-state index contributed by atoms with van der Waals surface area (Å²) in [5, 5.41) is 7.97. The maximum atomic E-state index is 4.52. The molecule has 0 aromatic carbocycles. The van der Waals surface area contributed by atoms with E-state index in [9.17, 15) is 0 Å². The quantitative estimate of drug-likeness (QED) is 0.946. The van der Waals surface area contributed by atoms with Gasteiger partial charge in [0.05, 0.1) is 11.0 Å². The molecule has 0 spiro atoms. The van der Waals surface area contributed by atoms with Gasteiger partial charge in [0.15, 0.2) is 11.5 Å². The number of fused-ring (bicyclic) bond motifs is 1. The van der Waals surface area contributed by atoms with Crippen molar-refractivity contribution in [1.29, 1.82) is 0 Å². The molecule has 3 rings (SSSR count). The van der Waals surface area contributed by atoms with Gasteiger partial charge in [0, 0.05) is 12.2 Å².